The van der Waals surface area contributed by atoms with E-state index >= 15 is 0 Å². The number of carboxylic acid groups (broad SMARTS) is 1. The van der Waals surface area contributed by atoms with Gasteiger partial charge < -0.3 is 10.0 Å². The molecule has 96 valence electrons. The summed E-state index contributed by atoms with van der Waals surface area (Å²) in [5, 5.41) is 10.9. The summed E-state index contributed by atoms with van der Waals surface area (Å²) < 4.78 is 0. The van der Waals surface area contributed by atoms with Crippen LogP contribution in [0.1, 0.15) is 49.2 Å². The van der Waals surface area contributed by atoms with Crippen molar-refractivity contribution >= 4 is 23.0 Å². The number of anilines is 1. The third-order valence-corrected chi connectivity index (χ3v) is 3.63. The van der Waals surface area contributed by atoms with Gasteiger partial charge in [0.05, 0.1) is 0 Å². The monoisotopic (exact) mass is 255 g/mol. The first-order chi connectivity index (χ1) is 8.19. The molecular weight excluding hydrogens is 234 g/mol. The van der Waals surface area contributed by atoms with E-state index in [1.807, 2.05) is 5.38 Å². The van der Waals surface area contributed by atoms with E-state index in [9.17, 15) is 4.79 Å². The smallest absolute Gasteiger partial charge is 0.345 e. The summed E-state index contributed by atoms with van der Waals surface area (Å²) in [6.45, 7) is 6.39. The molecule has 0 amide bonds. The maximum atomic E-state index is 10.9. The Morgan fingerprint density at radius 3 is 2.29 bits per heavy atom. The predicted octanol–water partition coefficient (Wildman–Crippen LogP) is 3.85. The van der Waals surface area contributed by atoms with Gasteiger partial charge in [-0.3, -0.25) is 0 Å². The lowest BCUT2D eigenvalue weighted by molar-refractivity contribution is 0.0702. The van der Waals surface area contributed by atoms with Gasteiger partial charge in [0.1, 0.15) is 4.88 Å². The fourth-order valence-electron chi connectivity index (χ4n) is 1.67. The number of carbonyl (C=O) groups is 1. The maximum Gasteiger partial charge on any atom is 0.345 e. The SMILES string of the molecule is CCCCN(CCCC)c1csc(C(=O)O)c1. The molecule has 0 radical (unpaired) electrons. The molecule has 0 spiro atoms. The number of rotatable bonds is 8. The van der Waals surface area contributed by atoms with Crippen LogP contribution in [0.15, 0.2) is 11.4 Å². The van der Waals surface area contributed by atoms with Crippen LogP contribution in [0.3, 0.4) is 0 Å². The molecule has 0 aromatic carbocycles. The Bertz CT molecular complexity index is 341. The zero-order valence-electron chi connectivity index (χ0n) is 10.6. The van der Waals surface area contributed by atoms with Gasteiger partial charge in [-0.15, -0.1) is 11.3 Å². The van der Waals surface area contributed by atoms with E-state index in [4.69, 9.17) is 5.11 Å². The van der Waals surface area contributed by atoms with E-state index in [2.05, 4.69) is 18.7 Å². The highest BCUT2D eigenvalue weighted by molar-refractivity contribution is 7.12. The quantitative estimate of drug-likeness (QED) is 0.767. The molecule has 17 heavy (non-hydrogen) atoms. The Morgan fingerprint density at radius 1 is 1.29 bits per heavy atom. The van der Waals surface area contributed by atoms with Gasteiger partial charge in [-0.1, -0.05) is 26.7 Å². The highest BCUT2D eigenvalue weighted by Gasteiger charge is 2.11. The van der Waals surface area contributed by atoms with Crippen molar-refractivity contribution in [2.45, 2.75) is 39.5 Å². The van der Waals surface area contributed by atoms with Crippen LogP contribution in [0.2, 0.25) is 0 Å². The Kier molecular flexibility index (Phi) is 6.05. The molecule has 0 saturated carbocycles. The van der Waals surface area contributed by atoms with Gasteiger partial charge in [0.25, 0.3) is 0 Å². The number of unbranched alkanes of at least 4 members (excludes halogenated alkanes) is 2. The average molecular weight is 255 g/mol. The van der Waals surface area contributed by atoms with Gasteiger partial charge >= 0.3 is 5.97 Å². The third-order valence-electron chi connectivity index (χ3n) is 2.72. The van der Waals surface area contributed by atoms with E-state index in [0.717, 1.165) is 31.6 Å². The standard InChI is InChI=1S/C13H21NO2S/c1-3-5-7-14(8-6-4-2)11-9-12(13(15)16)17-10-11/h9-10H,3-8H2,1-2H3,(H,15,16). The van der Waals surface area contributed by atoms with Crippen molar-refractivity contribution in [2.75, 3.05) is 18.0 Å². The number of carboxylic acids is 1. The highest BCUT2D eigenvalue weighted by Crippen LogP contribution is 2.24. The molecule has 0 aliphatic carbocycles. The molecule has 1 aromatic heterocycles. The molecule has 1 N–H and O–H groups in total. The van der Waals surface area contributed by atoms with Crippen LogP contribution in [0.25, 0.3) is 0 Å². The number of aromatic carboxylic acids is 1. The summed E-state index contributed by atoms with van der Waals surface area (Å²) in [5.41, 5.74) is 1.06. The van der Waals surface area contributed by atoms with Crippen LogP contribution in [0.5, 0.6) is 0 Å². The van der Waals surface area contributed by atoms with Gasteiger partial charge in [-0.2, -0.15) is 0 Å². The van der Waals surface area contributed by atoms with Crippen molar-refractivity contribution in [1.29, 1.82) is 0 Å². The second-order valence-electron chi connectivity index (χ2n) is 4.17. The summed E-state index contributed by atoms with van der Waals surface area (Å²) in [5.74, 6) is -0.827. The highest BCUT2D eigenvalue weighted by atomic mass is 32.1. The van der Waals surface area contributed by atoms with E-state index in [1.165, 1.54) is 24.2 Å². The first-order valence-electron chi connectivity index (χ1n) is 6.25. The van der Waals surface area contributed by atoms with Crippen LogP contribution < -0.4 is 4.90 Å². The van der Waals surface area contributed by atoms with Gasteiger partial charge in [0.15, 0.2) is 0 Å². The molecule has 0 aliphatic heterocycles. The van der Waals surface area contributed by atoms with Crippen LogP contribution in [0.4, 0.5) is 5.69 Å². The van der Waals surface area contributed by atoms with Crippen molar-refractivity contribution in [3.63, 3.8) is 0 Å². The Hall–Kier alpha value is -1.03. The molecule has 1 heterocycles. The fourth-order valence-corrected chi connectivity index (χ4v) is 2.43. The number of hydrogen-bond donors (Lipinski definition) is 1. The summed E-state index contributed by atoms with van der Waals surface area (Å²) in [7, 11) is 0. The van der Waals surface area contributed by atoms with Crippen LogP contribution in [-0.4, -0.2) is 24.2 Å². The van der Waals surface area contributed by atoms with Crippen LogP contribution >= 0.6 is 11.3 Å². The lowest BCUT2D eigenvalue weighted by Crippen LogP contribution is -2.25. The predicted molar refractivity (Wildman–Crippen MR) is 73.3 cm³/mol. The minimum atomic E-state index is -0.827. The molecular formula is C13H21NO2S. The molecule has 0 saturated heterocycles. The molecule has 0 aliphatic rings. The summed E-state index contributed by atoms with van der Waals surface area (Å²) >= 11 is 1.31. The van der Waals surface area contributed by atoms with Crippen molar-refractivity contribution in [3.8, 4) is 0 Å². The number of hydrogen-bond acceptors (Lipinski definition) is 3. The molecule has 4 heteroatoms. The van der Waals surface area contributed by atoms with Gasteiger partial charge in [0.2, 0.25) is 0 Å². The largest absolute Gasteiger partial charge is 0.477 e. The topological polar surface area (TPSA) is 40.5 Å². The fraction of sp³-hybridized carbons (Fsp3) is 0.615. The Morgan fingerprint density at radius 2 is 1.88 bits per heavy atom. The second kappa shape index (κ2) is 7.33. The van der Waals surface area contributed by atoms with Crippen molar-refractivity contribution in [3.05, 3.63) is 16.3 Å². The van der Waals surface area contributed by atoms with E-state index in [1.54, 1.807) is 6.07 Å². The van der Waals surface area contributed by atoms with Crippen LogP contribution in [-0.2, 0) is 0 Å². The maximum absolute atomic E-state index is 10.9. The number of thiophene rings is 1. The normalized spacial score (nSPS) is 10.5. The van der Waals surface area contributed by atoms with Gasteiger partial charge in [0, 0.05) is 24.2 Å². The first kappa shape index (κ1) is 14.0. The average Bonchev–Trinajstić information content (AvgIpc) is 2.79. The summed E-state index contributed by atoms with van der Waals surface area (Å²) in [6, 6.07) is 1.79. The molecule has 0 fully saturated rings. The second-order valence-corrected chi connectivity index (χ2v) is 5.08. The Balaban J connectivity index is 2.68. The molecule has 3 nitrogen and oxygen atoms in total. The van der Waals surface area contributed by atoms with Crippen LogP contribution in [0, 0.1) is 0 Å². The zero-order valence-corrected chi connectivity index (χ0v) is 11.4. The molecule has 0 unspecified atom stereocenters. The van der Waals surface area contributed by atoms with Crippen molar-refractivity contribution in [2.24, 2.45) is 0 Å². The molecule has 1 aromatic rings. The molecule has 0 bridgehead atoms. The minimum Gasteiger partial charge on any atom is -0.477 e. The van der Waals surface area contributed by atoms with Crippen molar-refractivity contribution < 1.29 is 9.90 Å². The lowest BCUT2D eigenvalue weighted by Gasteiger charge is -2.23. The third kappa shape index (κ3) is 4.38. The Labute approximate surface area is 107 Å². The minimum absolute atomic E-state index is 0.429. The van der Waals surface area contributed by atoms with Gasteiger partial charge in [-0.25, -0.2) is 4.79 Å². The molecule has 0 atom stereocenters. The first-order valence-corrected chi connectivity index (χ1v) is 7.13. The lowest BCUT2D eigenvalue weighted by atomic mass is 10.2. The summed E-state index contributed by atoms with van der Waals surface area (Å²) in [6.07, 6.45) is 4.64. The van der Waals surface area contributed by atoms with E-state index in [-0.39, 0.29) is 0 Å². The zero-order chi connectivity index (χ0) is 12.7. The van der Waals surface area contributed by atoms with E-state index < -0.39 is 5.97 Å². The molecule has 1 rings (SSSR count). The van der Waals surface area contributed by atoms with E-state index in [0.29, 0.717) is 4.88 Å². The summed E-state index contributed by atoms with van der Waals surface area (Å²) in [4.78, 5) is 13.6. The van der Waals surface area contributed by atoms with Crippen molar-refractivity contribution in [1.82, 2.24) is 0 Å². The number of nitrogens with zero attached hydrogens (tertiary/aromatic N) is 1. The van der Waals surface area contributed by atoms with Gasteiger partial charge in [-0.05, 0) is 18.9 Å².